The lowest BCUT2D eigenvalue weighted by Crippen LogP contribution is -2.41. The Morgan fingerprint density at radius 1 is 1.18 bits per heavy atom. The van der Waals surface area contributed by atoms with Gasteiger partial charge in [-0.1, -0.05) is 11.6 Å². The second kappa shape index (κ2) is 8.46. The SMILES string of the molecule is COc1ccc(Cl)cc1NC(=O)C1CCN(S(=O)(=O)c2ccc(F)cc2)CC1. The summed E-state index contributed by atoms with van der Waals surface area (Å²) in [5, 5.41) is 3.27. The van der Waals surface area contributed by atoms with E-state index in [1.54, 1.807) is 18.2 Å². The minimum Gasteiger partial charge on any atom is -0.495 e. The molecule has 0 saturated carbocycles. The van der Waals surface area contributed by atoms with Crippen molar-refractivity contribution in [3.63, 3.8) is 0 Å². The topological polar surface area (TPSA) is 75.7 Å². The molecule has 1 aliphatic rings. The third-order valence-corrected chi connectivity index (χ3v) is 6.84. The molecule has 0 atom stereocenters. The summed E-state index contributed by atoms with van der Waals surface area (Å²) in [6, 6.07) is 9.65. The summed E-state index contributed by atoms with van der Waals surface area (Å²) in [5.41, 5.74) is 0.473. The number of ether oxygens (including phenoxy) is 1. The second-order valence-electron chi connectivity index (χ2n) is 6.47. The summed E-state index contributed by atoms with van der Waals surface area (Å²) in [6.45, 7) is 0.426. The number of methoxy groups -OCH3 is 1. The van der Waals surface area contributed by atoms with E-state index >= 15 is 0 Å². The van der Waals surface area contributed by atoms with Crippen molar-refractivity contribution in [2.75, 3.05) is 25.5 Å². The molecule has 6 nitrogen and oxygen atoms in total. The van der Waals surface area contributed by atoms with Crippen LogP contribution in [0.2, 0.25) is 5.02 Å². The molecule has 1 aliphatic heterocycles. The first-order valence-corrected chi connectivity index (χ1v) is 10.5. The van der Waals surface area contributed by atoms with Gasteiger partial charge in [0.25, 0.3) is 0 Å². The Balaban J connectivity index is 1.64. The van der Waals surface area contributed by atoms with E-state index in [1.807, 2.05) is 0 Å². The van der Waals surface area contributed by atoms with Crippen LogP contribution in [0.3, 0.4) is 0 Å². The molecule has 150 valence electrons. The number of amides is 1. The first-order chi connectivity index (χ1) is 13.3. The lowest BCUT2D eigenvalue weighted by atomic mass is 9.97. The van der Waals surface area contributed by atoms with Crippen LogP contribution < -0.4 is 10.1 Å². The van der Waals surface area contributed by atoms with Crippen LogP contribution >= 0.6 is 11.6 Å². The van der Waals surface area contributed by atoms with Gasteiger partial charge >= 0.3 is 0 Å². The van der Waals surface area contributed by atoms with Gasteiger partial charge in [0.1, 0.15) is 11.6 Å². The normalized spacial score (nSPS) is 16.0. The highest BCUT2D eigenvalue weighted by Crippen LogP contribution is 2.30. The second-order valence-corrected chi connectivity index (χ2v) is 8.84. The standard InChI is InChI=1S/C19H20ClFN2O4S/c1-27-18-7-2-14(20)12-17(18)22-19(24)13-8-10-23(11-9-13)28(25,26)16-5-3-15(21)4-6-16/h2-7,12-13H,8-11H2,1H3,(H,22,24). The number of halogens is 2. The highest BCUT2D eigenvalue weighted by Gasteiger charge is 2.32. The van der Waals surface area contributed by atoms with E-state index in [2.05, 4.69) is 5.32 Å². The Morgan fingerprint density at radius 2 is 1.82 bits per heavy atom. The van der Waals surface area contributed by atoms with Gasteiger partial charge in [0.15, 0.2) is 0 Å². The van der Waals surface area contributed by atoms with Crippen LogP contribution in [0, 0.1) is 11.7 Å². The van der Waals surface area contributed by atoms with Crippen molar-refractivity contribution in [2.24, 2.45) is 5.92 Å². The first-order valence-electron chi connectivity index (χ1n) is 8.71. The molecule has 2 aromatic carbocycles. The zero-order valence-corrected chi connectivity index (χ0v) is 16.8. The highest BCUT2D eigenvalue weighted by atomic mass is 35.5. The Kier molecular flexibility index (Phi) is 6.22. The largest absolute Gasteiger partial charge is 0.495 e. The molecule has 0 aliphatic carbocycles. The molecule has 0 radical (unpaired) electrons. The van der Waals surface area contributed by atoms with Gasteiger partial charge in [0.05, 0.1) is 17.7 Å². The first kappa shape index (κ1) is 20.6. The minimum atomic E-state index is -3.71. The van der Waals surface area contributed by atoms with E-state index in [1.165, 1.54) is 23.5 Å². The molecule has 0 spiro atoms. The quantitative estimate of drug-likeness (QED) is 0.793. The number of piperidine rings is 1. The summed E-state index contributed by atoms with van der Waals surface area (Å²) in [5.74, 6) is -0.539. The average Bonchev–Trinajstić information content (AvgIpc) is 2.68. The number of nitrogens with zero attached hydrogens (tertiary/aromatic N) is 1. The number of hydrogen-bond donors (Lipinski definition) is 1. The van der Waals surface area contributed by atoms with Crippen molar-refractivity contribution >= 4 is 33.2 Å². The van der Waals surface area contributed by atoms with Crippen LogP contribution in [-0.2, 0) is 14.8 Å². The summed E-state index contributed by atoms with van der Waals surface area (Å²) >= 11 is 5.98. The number of hydrogen-bond acceptors (Lipinski definition) is 4. The smallest absolute Gasteiger partial charge is 0.243 e. The molecule has 1 N–H and O–H groups in total. The fourth-order valence-electron chi connectivity index (χ4n) is 3.13. The summed E-state index contributed by atoms with van der Waals surface area (Å²) in [4.78, 5) is 12.6. The third-order valence-electron chi connectivity index (χ3n) is 4.70. The van der Waals surface area contributed by atoms with Crippen molar-refractivity contribution in [3.8, 4) is 5.75 Å². The molecule has 1 heterocycles. The van der Waals surface area contributed by atoms with Crippen LogP contribution in [0.25, 0.3) is 0 Å². The molecule has 0 unspecified atom stereocenters. The molecule has 2 aromatic rings. The van der Waals surface area contributed by atoms with E-state index in [0.29, 0.717) is 29.3 Å². The molecule has 3 rings (SSSR count). The Labute approximate surface area is 168 Å². The Morgan fingerprint density at radius 3 is 2.43 bits per heavy atom. The van der Waals surface area contributed by atoms with Gasteiger partial charge in [-0.05, 0) is 55.3 Å². The number of benzene rings is 2. The fourth-order valence-corrected chi connectivity index (χ4v) is 4.77. The van der Waals surface area contributed by atoms with Crippen LogP contribution in [0.1, 0.15) is 12.8 Å². The maximum absolute atomic E-state index is 13.0. The molecule has 1 amide bonds. The highest BCUT2D eigenvalue weighted by molar-refractivity contribution is 7.89. The fraction of sp³-hybridized carbons (Fsp3) is 0.316. The molecule has 1 saturated heterocycles. The van der Waals surface area contributed by atoms with Crippen molar-refractivity contribution in [1.29, 1.82) is 0 Å². The van der Waals surface area contributed by atoms with Gasteiger partial charge in [0, 0.05) is 24.0 Å². The van der Waals surface area contributed by atoms with Gasteiger partial charge in [-0.25, -0.2) is 12.8 Å². The van der Waals surface area contributed by atoms with E-state index in [9.17, 15) is 17.6 Å². The van der Waals surface area contributed by atoms with Gasteiger partial charge in [0.2, 0.25) is 15.9 Å². The van der Waals surface area contributed by atoms with Crippen molar-refractivity contribution in [1.82, 2.24) is 4.31 Å². The van der Waals surface area contributed by atoms with E-state index in [-0.39, 0.29) is 29.8 Å². The maximum atomic E-state index is 13.0. The molecular formula is C19H20ClFN2O4S. The van der Waals surface area contributed by atoms with Crippen LogP contribution in [-0.4, -0.2) is 38.8 Å². The monoisotopic (exact) mass is 426 g/mol. The van der Waals surface area contributed by atoms with Crippen molar-refractivity contribution < 1.29 is 22.3 Å². The number of carbonyl (C=O) groups excluding carboxylic acids is 1. The molecule has 0 bridgehead atoms. The Hall–Kier alpha value is -2.16. The van der Waals surface area contributed by atoms with Crippen LogP contribution in [0.15, 0.2) is 47.4 Å². The number of anilines is 1. The van der Waals surface area contributed by atoms with Crippen molar-refractivity contribution in [3.05, 3.63) is 53.3 Å². The van der Waals surface area contributed by atoms with Crippen LogP contribution in [0.4, 0.5) is 10.1 Å². The summed E-state index contributed by atoms with van der Waals surface area (Å²) in [6.07, 6.45) is 0.768. The number of nitrogens with one attached hydrogen (secondary N) is 1. The summed E-state index contributed by atoms with van der Waals surface area (Å²) < 4.78 is 44.9. The molecule has 0 aromatic heterocycles. The lowest BCUT2D eigenvalue weighted by Gasteiger charge is -2.30. The Bertz CT molecular complexity index is 958. The molecule has 28 heavy (non-hydrogen) atoms. The number of rotatable bonds is 5. The van der Waals surface area contributed by atoms with Gasteiger partial charge < -0.3 is 10.1 Å². The van der Waals surface area contributed by atoms with E-state index in [4.69, 9.17) is 16.3 Å². The summed E-state index contributed by atoms with van der Waals surface area (Å²) in [7, 11) is -2.21. The van der Waals surface area contributed by atoms with Gasteiger partial charge in [-0.2, -0.15) is 4.31 Å². The number of carbonyl (C=O) groups is 1. The minimum absolute atomic E-state index is 0.0421. The lowest BCUT2D eigenvalue weighted by molar-refractivity contribution is -0.120. The zero-order chi connectivity index (χ0) is 20.3. The molecular weight excluding hydrogens is 407 g/mol. The van der Waals surface area contributed by atoms with E-state index < -0.39 is 15.8 Å². The van der Waals surface area contributed by atoms with Gasteiger partial charge in [-0.3, -0.25) is 4.79 Å². The maximum Gasteiger partial charge on any atom is 0.243 e. The van der Waals surface area contributed by atoms with Gasteiger partial charge in [-0.15, -0.1) is 0 Å². The zero-order valence-electron chi connectivity index (χ0n) is 15.2. The predicted molar refractivity (Wildman–Crippen MR) is 105 cm³/mol. The van der Waals surface area contributed by atoms with Crippen LogP contribution in [0.5, 0.6) is 5.75 Å². The number of sulfonamides is 1. The molecule has 9 heteroatoms. The molecule has 1 fully saturated rings. The van der Waals surface area contributed by atoms with E-state index in [0.717, 1.165) is 12.1 Å². The average molecular weight is 427 g/mol. The third kappa shape index (κ3) is 4.45. The van der Waals surface area contributed by atoms with Crippen molar-refractivity contribution in [2.45, 2.75) is 17.7 Å². The predicted octanol–water partition coefficient (Wildman–Crippen LogP) is 3.53.